The van der Waals surface area contributed by atoms with Crippen LogP contribution in [-0.4, -0.2) is 6.54 Å². The average molecular weight is 300 g/mol. The summed E-state index contributed by atoms with van der Waals surface area (Å²) in [7, 11) is 0. The Kier molecular flexibility index (Phi) is 5.56. The first-order valence-electron chi connectivity index (χ1n) is 7.29. The fourth-order valence-electron chi connectivity index (χ4n) is 3.19. The zero-order valence-corrected chi connectivity index (χ0v) is 12.9. The second kappa shape index (κ2) is 6.97. The molecule has 3 heteroatoms. The molecule has 0 radical (unpaired) electrons. The van der Waals surface area contributed by atoms with Crippen molar-refractivity contribution in [3.05, 3.63) is 33.8 Å². The molecule has 1 aliphatic rings. The molecular weight excluding hydrogens is 277 g/mol. The van der Waals surface area contributed by atoms with Gasteiger partial charge >= 0.3 is 0 Å². The van der Waals surface area contributed by atoms with Gasteiger partial charge in [0.15, 0.2) is 0 Å². The molecule has 1 nitrogen and oxygen atoms in total. The second-order valence-electron chi connectivity index (χ2n) is 5.90. The van der Waals surface area contributed by atoms with E-state index in [0.717, 1.165) is 13.0 Å². The summed E-state index contributed by atoms with van der Waals surface area (Å²) >= 11 is 12.1. The van der Waals surface area contributed by atoms with Gasteiger partial charge in [-0.1, -0.05) is 61.4 Å². The largest absolute Gasteiger partial charge is 0.330 e. The number of hydrogen-bond acceptors (Lipinski definition) is 1. The SMILES string of the molecule is NCC1(Cc2ccc(Cl)c(Cl)c2)CCCCCCC1. The lowest BCUT2D eigenvalue weighted by atomic mass is 9.72. The van der Waals surface area contributed by atoms with E-state index in [2.05, 4.69) is 6.07 Å². The van der Waals surface area contributed by atoms with E-state index >= 15 is 0 Å². The van der Waals surface area contributed by atoms with E-state index in [0.29, 0.717) is 10.0 Å². The molecule has 0 unspecified atom stereocenters. The van der Waals surface area contributed by atoms with E-state index in [4.69, 9.17) is 28.9 Å². The van der Waals surface area contributed by atoms with E-state index < -0.39 is 0 Å². The van der Waals surface area contributed by atoms with Gasteiger partial charge in [0.1, 0.15) is 0 Å². The van der Waals surface area contributed by atoms with Gasteiger partial charge in [-0.25, -0.2) is 0 Å². The maximum Gasteiger partial charge on any atom is 0.0595 e. The van der Waals surface area contributed by atoms with Crippen molar-refractivity contribution in [3.8, 4) is 0 Å². The zero-order valence-electron chi connectivity index (χ0n) is 11.4. The summed E-state index contributed by atoms with van der Waals surface area (Å²) in [5.74, 6) is 0. The molecule has 1 aromatic rings. The van der Waals surface area contributed by atoms with Crippen LogP contribution in [-0.2, 0) is 6.42 Å². The van der Waals surface area contributed by atoms with Crippen molar-refractivity contribution in [3.63, 3.8) is 0 Å². The summed E-state index contributed by atoms with van der Waals surface area (Å²) < 4.78 is 0. The Balaban J connectivity index is 2.13. The van der Waals surface area contributed by atoms with Crippen molar-refractivity contribution < 1.29 is 0 Å². The number of benzene rings is 1. The Bertz CT molecular complexity index is 409. The summed E-state index contributed by atoms with van der Waals surface area (Å²) in [5, 5.41) is 1.28. The third-order valence-corrected chi connectivity index (χ3v) is 5.15. The van der Waals surface area contributed by atoms with Gasteiger partial charge in [0.2, 0.25) is 0 Å². The van der Waals surface area contributed by atoms with Crippen LogP contribution in [0.25, 0.3) is 0 Å². The molecule has 0 spiro atoms. The van der Waals surface area contributed by atoms with Crippen LogP contribution in [0, 0.1) is 5.41 Å². The van der Waals surface area contributed by atoms with Gasteiger partial charge in [-0.2, -0.15) is 0 Å². The van der Waals surface area contributed by atoms with Crippen LogP contribution < -0.4 is 5.73 Å². The van der Waals surface area contributed by atoms with Crippen molar-refractivity contribution in [2.24, 2.45) is 11.1 Å². The molecule has 1 aliphatic carbocycles. The first-order chi connectivity index (χ1) is 9.15. The first kappa shape index (κ1) is 15.2. The van der Waals surface area contributed by atoms with Crippen molar-refractivity contribution in [2.75, 3.05) is 6.54 Å². The van der Waals surface area contributed by atoms with Crippen LogP contribution in [0.15, 0.2) is 18.2 Å². The lowest BCUT2D eigenvalue weighted by Gasteiger charge is -2.34. The van der Waals surface area contributed by atoms with Crippen LogP contribution in [0.5, 0.6) is 0 Å². The van der Waals surface area contributed by atoms with E-state index in [1.54, 1.807) is 0 Å². The van der Waals surface area contributed by atoms with Gasteiger partial charge in [0.05, 0.1) is 10.0 Å². The molecule has 2 rings (SSSR count). The highest BCUT2D eigenvalue weighted by molar-refractivity contribution is 6.42. The summed E-state index contributed by atoms with van der Waals surface area (Å²) in [6.45, 7) is 0.771. The molecule has 0 saturated heterocycles. The highest BCUT2D eigenvalue weighted by Gasteiger charge is 2.29. The molecule has 19 heavy (non-hydrogen) atoms. The Morgan fingerprint density at radius 2 is 1.58 bits per heavy atom. The summed E-state index contributed by atoms with van der Waals surface area (Å²) in [5.41, 5.74) is 7.64. The molecule has 2 N–H and O–H groups in total. The lowest BCUT2D eigenvalue weighted by molar-refractivity contribution is 0.217. The highest BCUT2D eigenvalue weighted by Crippen LogP contribution is 2.37. The monoisotopic (exact) mass is 299 g/mol. The normalized spacial score (nSPS) is 19.7. The zero-order chi connectivity index (χ0) is 13.7. The fourth-order valence-corrected chi connectivity index (χ4v) is 3.51. The fraction of sp³-hybridized carbons (Fsp3) is 0.625. The molecule has 0 amide bonds. The molecule has 0 aliphatic heterocycles. The highest BCUT2D eigenvalue weighted by atomic mass is 35.5. The minimum atomic E-state index is 0.261. The quantitative estimate of drug-likeness (QED) is 0.813. The van der Waals surface area contributed by atoms with Crippen molar-refractivity contribution in [1.29, 1.82) is 0 Å². The smallest absolute Gasteiger partial charge is 0.0595 e. The van der Waals surface area contributed by atoms with E-state index in [-0.39, 0.29) is 5.41 Å². The Morgan fingerprint density at radius 1 is 0.947 bits per heavy atom. The van der Waals surface area contributed by atoms with Gasteiger partial charge in [-0.05, 0) is 48.9 Å². The van der Waals surface area contributed by atoms with E-state index in [1.807, 2.05) is 12.1 Å². The van der Waals surface area contributed by atoms with E-state index in [1.165, 1.54) is 50.5 Å². The summed E-state index contributed by atoms with van der Waals surface area (Å²) in [4.78, 5) is 0. The Labute approximate surface area is 126 Å². The van der Waals surface area contributed by atoms with Gasteiger partial charge in [0, 0.05) is 0 Å². The maximum absolute atomic E-state index is 6.12. The molecule has 0 aromatic heterocycles. The molecule has 106 valence electrons. The van der Waals surface area contributed by atoms with Crippen LogP contribution in [0.1, 0.15) is 50.5 Å². The van der Waals surface area contributed by atoms with Gasteiger partial charge in [-0.15, -0.1) is 0 Å². The first-order valence-corrected chi connectivity index (χ1v) is 8.05. The minimum absolute atomic E-state index is 0.261. The van der Waals surface area contributed by atoms with Crippen LogP contribution in [0.4, 0.5) is 0 Å². The average Bonchev–Trinajstić information content (AvgIpc) is 2.37. The van der Waals surface area contributed by atoms with Crippen molar-refractivity contribution >= 4 is 23.2 Å². The van der Waals surface area contributed by atoms with Crippen LogP contribution >= 0.6 is 23.2 Å². The standard InChI is InChI=1S/C16H23Cl2N/c17-14-7-6-13(10-15(14)18)11-16(12-19)8-4-2-1-3-5-9-16/h6-7,10H,1-5,8-9,11-12,19H2. The lowest BCUT2D eigenvalue weighted by Crippen LogP contribution is -2.33. The Hall–Kier alpha value is -0.240. The molecule has 0 heterocycles. The van der Waals surface area contributed by atoms with Crippen LogP contribution in [0.2, 0.25) is 10.0 Å². The minimum Gasteiger partial charge on any atom is -0.330 e. The molecular formula is C16H23Cl2N. The maximum atomic E-state index is 6.12. The second-order valence-corrected chi connectivity index (χ2v) is 6.71. The van der Waals surface area contributed by atoms with Crippen molar-refractivity contribution in [2.45, 2.75) is 51.4 Å². The predicted octanol–water partition coefficient (Wildman–Crippen LogP) is 5.23. The topological polar surface area (TPSA) is 26.0 Å². The van der Waals surface area contributed by atoms with Gasteiger partial charge in [0.25, 0.3) is 0 Å². The molecule has 1 saturated carbocycles. The predicted molar refractivity (Wildman–Crippen MR) is 84.0 cm³/mol. The van der Waals surface area contributed by atoms with Gasteiger partial charge in [-0.3, -0.25) is 0 Å². The van der Waals surface area contributed by atoms with Crippen LogP contribution in [0.3, 0.4) is 0 Å². The third-order valence-electron chi connectivity index (χ3n) is 4.41. The summed E-state index contributed by atoms with van der Waals surface area (Å²) in [6.07, 6.45) is 10.2. The van der Waals surface area contributed by atoms with Crippen molar-refractivity contribution in [1.82, 2.24) is 0 Å². The summed E-state index contributed by atoms with van der Waals surface area (Å²) in [6, 6.07) is 5.98. The molecule has 1 fully saturated rings. The van der Waals surface area contributed by atoms with Gasteiger partial charge < -0.3 is 5.73 Å². The third kappa shape index (κ3) is 4.11. The molecule has 0 atom stereocenters. The Morgan fingerprint density at radius 3 is 2.16 bits per heavy atom. The number of nitrogens with two attached hydrogens (primary N) is 1. The number of hydrogen-bond donors (Lipinski definition) is 1. The number of halogens is 2. The molecule has 0 bridgehead atoms. The molecule has 1 aromatic carbocycles. The van der Waals surface area contributed by atoms with E-state index in [9.17, 15) is 0 Å². The number of rotatable bonds is 3.